The summed E-state index contributed by atoms with van der Waals surface area (Å²) in [6.45, 7) is 8.31. The Balaban J connectivity index is 1.79. The van der Waals surface area contributed by atoms with Crippen LogP contribution in [0.3, 0.4) is 0 Å². The number of hydrogen-bond acceptors (Lipinski definition) is 5. The summed E-state index contributed by atoms with van der Waals surface area (Å²) in [5.41, 5.74) is 0.167. The van der Waals surface area contributed by atoms with Gasteiger partial charge in [-0.1, -0.05) is 5.21 Å². The van der Waals surface area contributed by atoms with Gasteiger partial charge in [0.05, 0.1) is 12.7 Å². The Labute approximate surface area is 134 Å². The van der Waals surface area contributed by atoms with Crippen LogP contribution in [0.1, 0.15) is 53.9 Å². The molecule has 1 atom stereocenters. The van der Waals surface area contributed by atoms with Crippen LogP contribution in [0.2, 0.25) is 0 Å². The van der Waals surface area contributed by atoms with Crippen molar-refractivity contribution in [2.24, 2.45) is 0 Å². The minimum absolute atomic E-state index is 0.174. The molecule has 7 nitrogen and oxygen atoms in total. The van der Waals surface area contributed by atoms with Crippen LogP contribution >= 0.6 is 0 Å². The lowest BCUT2D eigenvalue weighted by atomic mass is 10.00. The third kappa shape index (κ3) is 2.76. The highest BCUT2D eigenvalue weighted by molar-refractivity contribution is 5.93. The molecule has 1 aliphatic rings. The molecule has 0 bridgehead atoms. The van der Waals surface area contributed by atoms with E-state index in [4.69, 9.17) is 4.42 Å². The first-order valence-electron chi connectivity index (χ1n) is 7.81. The molecular formula is C16H22N4O3. The number of β-amino-alcohol motifs (C(OH)–C–C–N with tert-alkyl or cyclic N) is 1. The molecule has 0 aliphatic carbocycles. The number of rotatable bonds is 3. The number of carbonyl (C=O) groups is 1. The highest BCUT2D eigenvalue weighted by Gasteiger charge is 2.43. The lowest BCUT2D eigenvalue weighted by Crippen LogP contribution is -2.34. The number of amides is 1. The summed E-state index contributed by atoms with van der Waals surface area (Å²) in [5.74, 6) is 0.862. The topological polar surface area (TPSA) is 84.4 Å². The molecule has 1 aliphatic heterocycles. The first kappa shape index (κ1) is 15.7. The zero-order valence-corrected chi connectivity index (χ0v) is 13.9. The van der Waals surface area contributed by atoms with Crippen molar-refractivity contribution < 1.29 is 14.3 Å². The first-order valence-corrected chi connectivity index (χ1v) is 7.81. The van der Waals surface area contributed by atoms with Gasteiger partial charge in [-0.05, 0) is 33.8 Å². The molecule has 0 radical (unpaired) electrons. The molecule has 1 fully saturated rings. The molecule has 0 unspecified atom stereocenters. The van der Waals surface area contributed by atoms with E-state index in [-0.39, 0.29) is 18.5 Å². The van der Waals surface area contributed by atoms with Crippen molar-refractivity contribution in [3.05, 3.63) is 35.0 Å². The summed E-state index contributed by atoms with van der Waals surface area (Å²) in [6.07, 6.45) is 2.19. The van der Waals surface area contributed by atoms with Crippen molar-refractivity contribution in [1.82, 2.24) is 19.9 Å². The van der Waals surface area contributed by atoms with E-state index in [0.29, 0.717) is 30.2 Å². The monoisotopic (exact) mass is 318 g/mol. The number of aliphatic hydroxyl groups is 1. The third-order valence-corrected chi connectivity index (χ3v) is 4.29. The van der Waals surface area contributed by atoms with Crippen LogP contribution in [-0.4, -0.2) is 44.0 Å². The van der Waals surface area contributed by atoms with Gasteiger partial charge in [0.25, 0.3) is 5.91 Å². The second-order valence-corrected chi connectivity index (χ2v) is 6.56. The standard InChI is InChI=1S/C16H22N4O3/c1-10(2)20-8-13(17-18-20)16(22)5-6-19(9-16)15(21)14-11(3)7-12(4)23-14/h7-8,10,22H,5-6,9H2,1-4H3/t16-/m0/s1. The quantitative estimate of drug-likeness (QED) is 0.933. The van der Waals surface area contributed by atoms with E-state index in [1.807, 2.05) is 33.8 Å². The first-order chi connectivity index (χ1) is 10.8. The SMILES string of the molecule is Cc1cc(C)c(C(=O)N2CC[C@@](O)(c3cn(C(C)C)nn3)C2)o1. The Morgan fingerprint density at radius 3 is 2.74 bits per heavy atom. The number of furan rings is 1. The van der Waals surface area contributed by atoms with E-state index in [0.717, 1.165) is 5.56 Å². The average molecular weight is 318 g/mol. The second-order valence-electron chi connectivity index (χ2n) is 6.56. The number of nitrogens with zero attached hydrogens (tertiary/aromatic N) is 4. The van der Waals surface area contributed by atoms with E-state index in [2.05, 4.69) is 10.3 Å². The molecule has 1 amide bonds. The maximum atomic E-state index is 12.6. The number of likely N-dealkylation sites (tertiary alicyclic amines) is 1. The summed E-state index contributed by atoms with van der Waals surface area (Å²) in [6, 6.07) is 2.01. The van der Waals surface area contributed by atoms with Crippen LogP contribution in [0.4, 0.5) is 0 Å². The van der Waals surface area contributed by atoms with Crippen LogP contribution in [0.25, 0.3) is 0 Å². The van der Waals surface area contributed by atoms with Gasteiger partial charge in [-0.15, -0.1) is 5.10 Å². The predicted molar refractivity (Wildman–Crippen MR) is 83.0 cm³/mol. The number of aromatic nitrogens is 3. The van der Waals surface area contributed by atoms with Gasteiger partial charge >= 0.3 is 0 Å². The van der Waals surface area contributed by atoms with Crippen LogP contribution in [0.5, 0.6) is 0 Å². The van der Waals surface area contributed by atoms with Gasteiger partial charge < -0.3 is 14.4 Å². The Morgan fingerprint density at radius 2 is 2.17 bits per heavy atom. The zero-order chi connectivity index (χ0) is 16.8. The summed E-state index contributed by atoms with van der Waals surface area (Å²) in [5, 5.41) is 19.0. The molecule has 2 aromatic rings. The molecule has 124 valence electrons. The zero-order valence-electron chi connectivity index (χ0n) is 13.9. The smallest absolute Gasteiger partial charge is 0.289 e. The minimum atomic E-state index is -1.15. The highest BCUT2D eigenvalue weighted by atomic mass is 16.4. The van der Waals surface area contributed by atoms with Crippen LogP contribution in [0, 0.1) is 13.8 Å². The Kier molecular flexibility index (Phi) is 3.75. The van der Waals surface area contributed by atoms with Gasteiger partial charge in [0.2, 0.25) is 0 Å². The fraction of sp³-hybridized carbons (Fsp3) is 0.562. The summed E-state index contributed by atoms with van der Waals surface area (Å²) in [7, 11) is 0. The summed E-state index contributed by atoms with van der Waals surface area (Å²) >= 11 is 0. The molecule has 0 aromatic carbocycles. The predicted octanol–water partition coefficient (Wildman–Crippen LogP) is 1.80. The van der Waals surface area contributed by atoms with Crippen molar-refractivity contribution >= 4 is 5.91 Å². The maximum absolute atomic E-state index is 12.6. The summed E-state index contributed by atoms with van der Waals surface area (Å²) in [4.78, 5) is 14.2. The van der Waals surface area contributed by atoms with Crippen LogP contribution < -0.4 is 0 Å². The van der Waals surface area contributed by atoms with Gasteiger partial charge in [-0.25, -0.2) is 4.68 Å². The van der Waals surface area contributed by atoms with Crippen molar-refractivity contribution in [1.29, 1.82) is 0 Å². The largest absolute Gasteiger partial charge is 0.456 e. The van der Waals surface area contributed by atoms with Crippen molar-refractivity contribution in [2.75, 3.05) is 13.1 Å². The van der Waals surface area contributed by atoms with E-state index >= 15 is 0 Å². The molecule has 0 saturated carbocycles. The molecule has 1 N–H and O–H groups in total. The minimum Gasteiger partial charge on any atom is -0.456 e. The Morgan fingerprint density at radius 1 is 1.43 bits per heavy atom. The molecule has 7 heteroatoms. The molecule has 3 heterocycles. The fourth-order valence-electron chi connectivity index (χ4n) is 2.92. The van der Waals surface area contributed by atoms with E-state index in [9.17, 15) is 9.90 Å². The molecule has 2 aromatic heterocycles. The van der Waals surface area contributed by atoms with Gasteiger partial charge in [-0.2, -0.15) is 0 Å². The molecule has 23 heavy (non-hydrogen) atoms. The lowest BCUT2D eigenvalue weighted by Gasteiger charge is -2.20. The van der Waals surface area contributed by atoms with Crippen molar-refractivity contribution in [3.63, 3.8) is 0 Å². The molecular weight excluding hydrogens is 296 g/mol. The Hall–Kier alpha value is -2.15. The van der Waals surface area contributed by atoms with E-state index in [1.54, 1.807) is 15.8 Å². The number of hydrogen-bond donors (Lipinski definition) is 1. The van der Waals surface area contributed by atoms with Gasteiger partial charge in [0, 0.05) is 24.6 Å². The normalized spacial score (nSPS) is 21.4. The number of aryl methyl sites for hydroxylation is 2. The molecule has 3 rings (SSSR count). The maximum Gasteiger partial charge on any atom is 0.289 e. The van der Waals surface area contributed by atoms with Gasteiger partial charge in [0.1, 0.15) is 17.1 Å². The Bertz CT molecular complexity index is 734. The third-order valence-electron chi connectivity index (χ3n) is 4.29. The van der Waals surface area contributed by atoms with Gasteiger partial charge in [-0.3, -0.25) is 4.79 Å². The van der Waals surface area contributed by atoms with Gasteiger partial charge in [0.15, 0.2) is 5.76 Å². The van der Waals surface area contributed by atoms with Crippen molar-refractivity contribution in [2.45, 2.75) is 45.8 Å². The van der Waals surface area contributed by atoms with Crippen LogP contribution in [0.15, 0.2) is 16.7 Å². The van der Waals surface area contributed by atoms with E-state index < -0.39 is 5.60 Å². The average Bonchev–Trinajstić information content (AvgIpc) is 3.17. The highest BCUT2D eigenvalue weighted by Crippen LogP contribution is 2.32. The fourth-order valence-corrected chi connectivity index (χ4v) is 2.92. The molecule has 0 spiro atoms. The number of carbonyl (C=O) groups excluding carboxylic acids is 1. The second kappa shape index (κ2) is 5.49. The lowest BCUT2D eigenvalue weighted by molar-refractivity contribution is 0.0372. The summed E-state index contributed by atoms with van der Waals surface area (Å²) < 4.78 is 7.20. The van der Waals surface area contributed by atoms with Crippen LogP contribution in [-0.2, 0) is 5.60 Å². The van der Waals surface area contributed by atoms with E-state index in [1.165, 1.54) is 0 Å². The van der Waals surface area contributed by atoms with Crippen molar-refractivity contribution in [3.8, 4) is 0 Å². The molecule has 1 saturated heterocycles.